The van der Waals surface area contributed by atoms with Gasteiger partial charge in [0.15, 0.2) is 0 Å². The molecule has 0 aliphatic carbocycles. The Balaban J connectivity index is 1.69. The molecule has 1 aromatic rings. The highest BCUT2D eigenvalue weighted by Gasteiger charge is 2.09. The first-order valence-electron chi connectivity index (χ1n) is 5.53. The Kier molecular flexibility index (Phi) is 4.63. The van der Waals surface area contributed by atoms with E-state index in [0.717, 1.165) is 43.5 Å². The average molecular weight is 241 g/mol. The molecule has 1 aliphatic rings. The summed E-state index contributed by atoms with van der Waals surface area (Å²) in [5, 5.41) is 0. The van der Waals surface area contributed by atoms with E-state index in [1.807, 2.05) is 12.1 Å². The number of morpholine rings is 1. The Bertz CT molecular complexity index is 311. The second kappa shape index (κ2) is 6.23. The molecule has 16 heavy (non-hydrogen) atoms. The zero-order chi connectivity index (χ0) is 11.2. The molecule has 88 valence electrons. The van der Waals surface area contributed by atoms with Crippen LogP contribution in [0.1, 0.15) is 0 Å². The van der Waals surface area contributed by atoms with Gasteiger partial charge in [-0.05, 0) is 24.3 Å². The lowest BCUT2D eigenvalue weighted by Gasteiger charge is -2.26. The van der Waals surface area contributed by atoms with E-state index in [1.165, 1.54) is 12.1 Å². The Morgan fingerprint density at radius 3 is 2.56 bits per heavy atom. The van der Waals surface area contributed by atoms with Crippen molar-refractivity contribution in [1.29, 1.82) is 0 Å². The van der Waals surface area contributed by atoms with E-state index < -0.39 is 0 Å². The molecule has 2 rings (SSSR count). The zero-order valence-corrected chi connectivity index (χ0v) is 10.0. The fourth-order valence-electron chi connectivity index (χ4n) is 1.65. The number of nitrogens with zero attached hydrogens (tertiary/aromatic N) is 1. The van der Waals surface area contributed by atoms with Gasteiger partial charge < -0.3 is 4.74 Å². The smallest absolute Gasteiger partial charge is 0.123 e. The van der Waals surface area contributed by atoms with Crippen LogP contribution in [0.3, 0.4) is 0 Å². The van der Waals surface area contributed by atoms with Crippen molar-refractivity contribution in [3.05, 3.63) is 30.1 Å². The van der Waals surface area contributed by atoms with Gasteiger partial charge in [0, 0.05) is 30.3 Å². The molecule has 1 aromatic carbocycles. The molecule has 0 radical (unpaired) electrons. The lowest BCUT2D eigenvalue weighted by molar-refractivity contribution is 0.0410. The van der Waals surface area contributed by atoms with Gasteiger partial charge in [-0.3, -0.25) is 4.90 Å². The van der Waals surface area contributed by atoms with Crippen LogP contribution in [0.25, 0.3) is 0 Å². The third-order valence-corrected chi connectivity index (χ3v) is 3.59. The normalized spacial score (nSPS) is 17.6. The van der Waals surface area contributed by atoms with Gasteiger partial charge in [-0.2, -0.15) is 0 Å². The average Bonchev–Trinajstić information content (AvgIpc) is 2.33. The van der Waals surface area contributed by atoms with Crippen LogP contribution in [0.15, 0.2) is 29.2 Å². The van der Waals surface area contributed by atoms with E-state index in [0.29, 0.717) is 0 Å². The minimum absolute atomic E-state index is 0.169. The van der Waals surface area contributed by atoms with Gasteiger partial charge in [-0.25, -0.2) is 4.39 Å². The summed E-state index contributed by atoms with van der Waals surface area (Å²) in [6, 6.07) is 6.69. The maximum Gasteiger partial charge on any atom is 0.123 e. The van der Waals surface area contributed by atoms with Gasteiger partial charge in [-0.1, -0.05) is 0 Å². The molecule has 2 nitrogen and oxygen atoms in total. The molecule has 0 unspecified atom stereocenters. The lowest BCUT2D eigenvalue weighted by atomic mass is 10.4. The highest BCUT2D eigenvalue weighted by Crippen LogP contribution is 2.18. The van der Waals surface area contributed by atoms with Crippen molar-refractivity contribution in [3.63, 3.8) is 0 Å². The fraction of sp³-hybridized carbons (Fsp3) is 0.500. The summed E-state index contributed by atoms with van der Waals surface area (Å²) >= 11 is 1.77. The van der Waals surface area contributed by atoms with Crippen LogP contribution in [0.2, 0.25) is 0 Å². The predicted molar refractivity (Wildman–Crippen MR) is 64.4 cm³/mol. The van der Waals surface area contributed by atoms with Crippen LogP contribution in [-0.4, -0.2) is 43.5 Å². The highest BCUT2D eigenvalue weighted by molar-refractivity contribution is 7.99. The van der Waals surface area contributed by atoms with E-state index in [9.17, 15) is 4.39 Å². The Labute approximate surface area is 99.8 Å². The van der Waals surface area contributed by atoms with E-state index in [2.05, 4.69) is 4.90 Å². The van der Waals surface area contributed by atoms with Gasteiger partial charge in [0.2, 0.25) is 0 Å². The molecule has 0 aromatic heterocycles. The number of halogens is 1. The number of thioether (sulfide) groups is 1. The predicted octanol–water partition coefficient (Wildman–Crippen LogP) is 2.25. The summed E-state index contributed by atoms with van der Waals surface area (Å²) in [5.74, 6) is 0.878. The molecule has 0 amide bonds. The Morgan fingerprint density at radius 2 is 1.88 bits per heavy atom. The topological polar surface area (TPSA) is 12.5 Å². The number of ether oxygens (including phenoxy) is 1. The molecular weight excluding hydrogens is 225 g/mol. The van der Waals surface area contributed by atoms with Gasteiger partial charge >= 0.3 is 0 Å². The maximum absolute atomic E-state index is 12.7. The van der Waals surface area contributed by atoms with Crippen LogP contribution >= 0.6 is 11.8 Å². The fourth-order valence-corrected chi connectivity index (χ4v) is 2.56. The van der Waals surface area contributed by atoms with Gasteiger partial charge in [0.1, 0.15) is 5.82 Å². The van der Waals surface area contributed by atoms with Crippen molar-refractivity contribution in [2.24, 2.45) is 0 Å². The Hall–Kier alpha value is -0.580. The van der Waals surface area contributed by atoms with Crippen molar-refractivity contribution in [1.82, 2.24) is 4.90 Å². The third kappa shape index (κ3) is 3.77. The summed E-state index contributed by atoms with van der Waals surface area (Å²) in [4.78, 5) is 3.54. The van der Waals surface area contributed by atoms with Crippen LogP contribution in [0, 0.1) is 5.82 Å². The highest BCUT2D eigenvalue weighted by atomic mass is 32.2. The summed E-state index contributed by atoms with van der Waals surface area (Å²) < 4.78 is 18.0. The minimum Gasteiger partial charge on any atom is -0.379 e. The number of benzene rings is 1. The first-order valence-corrected chi connectivity index (χ1v) is 6.51. The van der Waals surface area contributed by atoms with Crippen LogP contribution < -0.4 is 0 Å². The summed E-state index contributed by atoms with van der Waals surface area (Å²) in [6.45, 7) is 4.84. The molecule has 0 N–H and O–H groups in total. The second-order valence-electron chi connectivity index (χ2n) is 3.76. The Morgan fingerprint density at radius 1 is 1.19 bits per heavy atom. The summed E-state index contributed by atoms with van der Waals surface area (Å²) in [6.07, 6.45) is 0. The SMILES string of the molecule is Fc1ccc(SCCN2CCOCC2)cc1. The molecule has 1 fully saturated rings. The molecule has 4 heteroatoms. The quantitative estimate of drug-likeness (QED) is 0.750. The van der Waals surface area contributed by atoms with Crippen molar-refractivity contribution in [2.45, 2.75) is 4.90 Å². The number of hydrogen-bond acceptors (Lipinski definition) is 3. The van der Waals surface area contributed by atoms with Crippen molar-refractivity contribution < 1.29 is 9.13 Å². The summed E-state index contributed by atoms with van der Waals surface area (Å²) in [7, 11) is 0. The largest absolute Gasteiger partial charge is 0.379 e. The molecule has 1 saturated heterocycles. The molecular formula is C12H16FNOS. The van der Waals surface area contributed by atoms with Gasteiger partial charge in [-0.15, -0.1) is 11.8 Å². The van der Waals surface area contributed by atoms with Crippen molar-refractivity contribution in [2.75, 3.05) is 38.6 Å². The van der Waals surface area contributed by atoms with Crippen molar-refractivity contribution >= 4 is 11.8 Å². The number of rotatable bonds is 4. The molecule has 0 bridgehead atoms. The van der Waals surface area contributed by atoms with E-state index in [1.54, 1.807) is 11.8 Å². The first kappa shape index (κ1) is 11.9. The molecule has 1 heterocycles. The van der Waals surface area contributed by atoms with Crippen molar-refractivity contribution in [3.8, 4) is 0 Å². The number of hydrogen-bond donors (Lipinski definition) is 0. The first-order chi connectivity index (χ1) is 7.84. The van der Waals surface area contributed by atoms with Crippen LogP contribution in [-0.2, 0) is 4.74 Å². The minimum atomic E-state index is -0.169. The maximum atomic E-state index is 12.7. The standard InChI is InChI=1S/C12H16FNOS/c13-11-1-3-12(4-2-11)16-10-7-14-5-8-15-9-6-14/h1-4H,5-10H2. The zero-order valence-electron chi connectivity index (χ0n) is 9.19. The molecule has 1 aliphatic heterocycles. The lowest BCUT2D eigenvalue weighted by Crippen LogP contribution is -2.37. The van der Waals surface area contributed by atoms with E-state index in [-0.39, 0.29) is 5.82 Å². The van der Waals surface area contributed by atoms with E-state index >= 15 is 0 Å². The second-order valence-corrected chi connectivity index (χ2v) is 4.92. The van der Waals surface area contributed by atoms with Gasteiger partial charge in [0.05, 0.1) is 13.2 Å². The molecule has 0 saturated carbocycles. The summed E-state index contributed by atoms with van der Waals surface area (Å²) in [5.41, 5.74) is 0. The monoisotopic (exact) mass is 241 g/mol. The van der Waals surface area contributed by atoms with Gasteiger partial charge in [0.25, 0.3) is 0 Å². The van der Waals surface area contributed by atoms with Crippen LogP contribution in [0.5, 0.6) is 0 Å². The third-order valence-electron chi connectivity index (χ3n) is 2.59. The van der Waals surface area contributed by atoms with E-state index in [4.69, 9.17) is 4.74 Å². The molecule has 0 spiro atoms. The molecule has 0 atom stereocenters. The van der Waals surface area contributed by atoms with Crippen LogP contribution in [0.4, 0.5) is 4.39 Å².